The molecule has 0 saturated heterocycles. The normalized spacial score (nSPS) is 11.4. The predicted octanol–water partition coefficient (Wildman–Crippen LogP) is 3.88. The highest BCUT2D eigenvalue weighted by atomic mass is 16.6. The van der Waals surface area contributed by atoms with E-state index in [4.69, 9.17) is 18.9 Å². The molecule has 2 aromatic heterocycles. The molecule has 0 radical (unpaired) electrons. The van der Waals surface area contributed by atoms with Crippen molar-refractivity contribution in [2.45, 2.75) is 26.4 Å². The van der Waals surface area contributed by atoms with Gasteiger partial charge in [-0.2, -0.15) is 4.73 Å². The molecule has 0 fully saturated rings. The number of methoxy groups -OCH3 is 1. The molecule has 0 saturated carbocycles. The number of hydrogen-bond acceptors (Lipinski definition) is 6. The molecule has 154 valence electrons. The number of carbonyl (C=O) groups is 1. The first-order chi connectivity index (χ1) is 13.8. The number of hydrogen-bond donors (Lipinski definition) is 0. The summed E-state index contributed by atoms with van der Waals surface area (Å²) in [7, 11) is 1.58. The van der Waals surface area contributed by atoms with E-state index in [1.54, 1.807) is 43.6 Å². The molecular formula is C21H24N2O6. The van der Waals surface area contributed by atoms with E-state index in [0.29, 0.717) is 40.7 Å². The predicted molar refractivity (Wildman–Crippen MR) is 106 cm³/mol. The van der Waals surface area contributed by atoms with Crippen molar-refractivity contribution in [3.05, 3.63) is 54.1 Å². The summed E-state index contributed by atoms with van der Waals surface area (Å²) >= 11 is 0. The molecule has 29 heavy (non-hydrogen) atoms. The second kappa shape index (κ2) is 8.40. The van der Waals surface area contributed by atoms with E-state index in [1.807, 2.05) is 20.8 Å². The van der Waals surface area contributed by atoms with Crippen molar-refractivity contribution in [3.8, 4) is 17.2 Å². The minimum Gasteiger partial charge on any atom is -0.619 e. The van der Waals surface area contributed by atoms with Gasteiger partial charge in [-0.1, -0.05) is 0 Å². The molecule has 0 spiro atoms. The standard InChI is InChI=1S/C21H24N2O6/c1-21(2,3)29-20(24)23-10-5-15-13-19(28-16-6-8-22(25)9-7-16)18(14-17(15)23)27-12-11-26-4/h5-10,13-14H,11-12H2,1-4H3. The Kier molecular flexibility index (Phi) is 5.93. The highest BCUT2D eigenvalue weighted by Crippen LogP contribution is 2.36. The van der Waals surface area contributed by atoms with Gasteiger partial charge in [-0.05, 0) is 32.9 Å². The van der Waals surface area contributed by atoms with Gasteiger partial charge in [0, 0.05) is 36.9 Å². The molecule has 3 rings (SSSR count). The second-order valence-corrected chi connectivity index (χ2v) is 7.36. The van der Waals surface area contributed by atoms with Crippen molar-refractivity contribution in [2.24, 2.45) is 0 Å². The molecule has 0 aliphatic carbocycles. The van der Waals surface area contributed by atoms with Crippen LogP contribution in [0.3, 0.4) is 0 Å². The van der Waals surface area contributed by atoms with Crippen molar-refractivity contribution in [2.75, 3.05) is 20.3 Å². The first-order valence-corrected chi connectivity index (χ1v) is 9.14. The first kappa shape index (κ1) is 20.5. The van der Waals surface area contributed by atoms with Gasteiger partial charge in [-0.3, -0.25) is 4.57 Å². The SMILES string of the molecule is COCCOc1cc2c(ccn2C(=O)OC(C)(C)C)cc1Oc1cc[n+]([O-])cc1. The number of carbonyl (C=O) groups excluding carboxylic acids is 1. The van der Waals surface area contributed by atoms with Crippen molar-refractivity contribution in [1.82, 2.24) is 4.57 Å². The number of fused-ring (bicyclic) bond motifs is 1. The van der Waals surface area contributed by atoms with Gasteiger partial charge in [0.25, 0.3) is 0 Å². The maximum atomic E-state index is 12.5. The lowest BCUT2D eigenvalue weighted by Gasteiger charge is -2.20. The first-order valence-electron chi connectivity index (χ1n) is 9.14. The third kappa shape index (κ3) is 5.17. The van der Waals surface area contributed by atoms with Crippen LogP contribution in [-0.4, -0.2) is 36.6 Å². The summed E-state index contributed by atoms with van der Waals surface area (Å²) in [5.74, 6) is 1.38. The maximum absolute atomic E-state index is 12.5. The molecule has 0 atom stereocenters. The van der Waals surface area contributed by atoms with Crippen LogP contribution in [-0.2, 0) is 9.47 Å². The molecule has 0 aliphatic heterocycles. The van der Waals surface area contributed by atoms with Gasteiger partial charge in [0.15, 0.2) is 23.9 Å². The van der Waals surface area contributed by atoms with Crippen molar-refractivity contribution < 1.29 is 28.5 Å². The molecule has 0 amide bonds. The summed E-state index contributed by atoms with van der Waals surface area (Å²) < 4.78 is 24.3. The third-order valence-electron chi connectivity index (χ3n) is 3.89. The molecule has 0 N–H and O–H groups in total. The number of aromatic nitrogens is 2. The molecule has 0 aliphatic rings. The Morgan fingerprint density at radius 3 is 2.48 bits per heavy atom. The topological polar surface area (TPSA) is 85.9 Å². The van der Waals surface area contributed by atoms with Gasteiger partial charge in [0.2, 0.25) is 0 Å². The smallest absolute Gasteiger partial charge is 0.418 e. The highest BCUT2D eigenvalue weighted by Gasteiger charge is 2.20. The van der Waals surface area contributed by atoms with E-state index in [1.165, 1.54) is 17.0 Å². The Morgan fingerprint density at radius 1 is 1.10 bits per heavy atom. The summed E-state index contributed by atoms with van der Waals surface area (Å²) in [5, 5.41) is 12.0. The van der Waals surface area contributed by atoms with Crippen LogP contribution in [0.2, 0.25) is 0 Å². The van der Waals surface area contributed by atoms with E-state index < -0.39 is 11.7 Å². The van der Waals surface area contributed by atoms with E-state index in [2.05, 4.69) is 0 Å². The van der Waals surface area contributed by atoms with Crippen molar-refractivity contribution in [3.63, 3.8) is 0 Å². The molecule has 8 nitrogen and oxygen atoms in total. The van der Waals surface area contributed by atoms with E-state index in [0.717, 1.165) is 5.39 Å². The van der Waals surface area contributed by atoms with Crippen LogP contribution < -0.4 is 14.2 Å². The molecule has 0 unspecified atom stereocenters. The molecule has 0 bridgehead atoms. The minimum absolute atomic E-state index is 0.306. The van der Waals surface area contributed by atoms with Crippen molar-refractivity contribution >= 4 is 17.0 Å². The quantitative estimate of drug-likeness (QED) is 0.355. The Bertz CT molecular complexity index is 989. The molecule has 3 aromatic rings. The van der Waals surface area contributed by atoms with Crippen LogP contribution in [0.1, 0.15) is 20.8 Å². The minimum atomic E-state index is -0.611. The third-order valence-corrected chi connectivity index (χ3v) is 3.89. The lowest BCUT2D eigenvalue weighted by Crippen LogP contribution is -2.26. The van der Waals surface area contributed by atoms with Crippen LogP contribution in [0.5, 0.6) is 17.2 Å². The lowest BCUT2D eigenvalue weighted by atomic mass is 10.2. The van der Waals surface area contributed by atoms with Crippen LogP contribution in [0.15, 0.2) is 48.9 Å². The maximum Gasteiger partial charge on any atom is 0.418 e. The molecular weight excluding hydrogens is 376 g/mol. The van der Waals surface area contributed by atoms with Gasteiger partial charge >= 0.3 is 6.09 Å². The number of rotatable bonds is 6. The van der Waals surface area contributed by atoms with Gasteiger partial charge in [0.05, 0.1) is 12.1 Å². The Labute approximate surface area is 168 Å². The van der Waals surface area contributed by atoms with E-state index in [-0.39, 0.29) is 0 Å². The van der Waals surface area contributed by atoms with Crippen LogP contribution in [0.4, 0.5) is 4.79 Å². The zero-order valence-electron chi connectivity index (χ0n) is 16.9. The molecule has 1 aromatic carbocycles. The zero-order valence-corrected chi connectivity index (χ0v) is 16.9. The summed E-state index contributed by atoms with van der Waals surface area (Å²) in [6, 6.07) is 8.41. The lowest BCUT2D eigenvalue weighted by molar-refractivity contribution is -0.605. The van der Waals surface area contributed by atoms with Gasteiger partial charge < -0.3 is 24.2 Å². The fourth-order valence-electron chi connectivity index (χ4n) is 2.63. The second-order valence-electron chi connectivity index (χ2n) is 7.36. The summed E-state index contributed by atoms with van der Waals surface area (Å²) in [5.41, 5.74) is 0.0183. The Hall–Kier alpha value is -3.26. The highest BCUT2D eigenvalue weighted by molar-refractivity contribution is 5.91. The van der Waals surface area contributed by atoms with Crippen LogP contribution in [0.25, 0.3) is 10.9 Å². The van der Waals surface area contributed by atoms with Gasteiger partial charge in [0.1, 0.15) is 18.0 Å². The van der Waals surface area contributed by atoms with Gasteiger partial charge in [-0.25, -0.2) is 4.79 Å². The Morgan fingerprint density at radius 2 is 1.83 bits per heavy atom. The zero-order chi connectivity index (χ0) is 21.0. The van der Waals surface area contributed by atoms with Crippen molar-refractivity contribution in [1.29, 1.82) is 0 Å². The Balaban J connectivity index is 1.98. The monoisotopic (exact) mass is 400 g/mol. The number of nitrogens with zero attached hydrogens (tertiary/aromatic N) is 2. The van der Waals surface area contributed by atoms with Crippen LogP contribution >= 0.6 is 0 Å². The van der Waals surface area contributed by atoms with E-state index >= 15 is 0 Å². The fraction of sp³-hybridized carbons (Fsp3) is 0.333. The molecule has 2 heterocycles. The van der Waals surface area contributed by atoms with Gasteiger partial charge in [-0.15, -0.1) is 0 Å². The number of benzene rings is 1. The number of pyridine rings is 1. The average molecular weight is 400 g/mol. The van der Waals surface area contributed by atoms with E-state index in [9.17, 15) is 10.0 Å². The summed E-state index contributed by atoms with van der Waals surface area (Å²) in [6.07, 6.45) is 3.85. The van der Waals surface area contributed by atoms with Crippen LogP contribution in [0, 0.1) is 5.21 Å². The summed E-state index contributed by atoms with van der Waals surface area (Å²) in [6.45, 7) is 6.14. The fourth-order valence-corrected chi connectivity index (χ4v) is 2.63. The molecule has 8 heteroatoms. The largest absolute Gasteiger partial charge is 0.619 e. The average Bonchev–Trinajstić information content (AvgIpc) is 3.05. The number of ether oxygens (including phenoxy) is 4. The summed E-state index contributed by atoms with van der Waals surface area (Å²) in [4.78, 5) is 12.5.